The molecular formula is C21H31N3O4. The number of hydrogen-bond acceptors (Lipinski definition) is 5. The van der Waals surface area contributed by atoms with Gasteiger partial charge in [-0.05, 0) is 49.9 Å². The van der Waals surface area contributed by atoms with Gasteiger partial charge >= 0.3 is 0 Å². The van der Waals surface area contributed by atoms with Crippen LogP contribution in [0.25, 0.3) is 0 Å². The molecule has 28 heavy (non-hydrogen) atoms. The third-order valence-electron chi connectivity index (χ3n) is 5.53. The van der Waals surface area contributed by atoms with Crippen LogP contribution in [0.1, 0.15) is 31.2 Å². The van der Waals surface area contributed by atoms with Gasteiger partial charge in [-0.25, -0.2) is 0 Å². The van der Waals surface area contributed by atoms with Crippen LogP contribution in [0.2, 0.25) is 0 Å². The minimum absolute atomic E-state index is 0.104. The van der Waals surface area contributed by atoms with Crippen LogP contribution in [0.3, 0.4) is 0 Å². The zero-order chi connectivity index (χ0) is 19.9. The Hall–Kier alpha value is -2.12. The molecule has 0 radical (unpaired) electrons. The number of rotatable bonds is 8. The predicted molar refractivity (Wildman–Crippen MR) is 106 cm³/mol. The van der Waals surface area contributed by atoms with Gasteiger partial charge in [-0.3, -0.25) is 14.5 Å². The quantitative estimate of drug-likeness (QED) is 0.726. The molecule has 1 aromatic rings. The maximum absolute atomic E-state index is 13.3. The Morgan fingerprint density at radius 2 is 2.04 bits per heavy atom. The van der Waals surface area contributed by atoms with Crippen molar-refractivity contribution in [1.29, 1.82) is 0 Å². The molecule has 154 valence electrons. The summed E-state index contributed by atoms with van der Waals surface area (Å²) in [7, 11) is 1.64. The molecule has 2 heterocycles. The number of carbonyl (C=O) groups excluding carboxylic acids is 2. The van der Waals surface area contributed by atoms with E-state index in [-0.39, 0.29) is 30.4 Å². The summed E-state index contributed by atoms with van der Waals surface area (Å²) in [6.07, 6.45) is 3.89. The van der Waals surface area contributed by atoms with Crippen LogP contribution in [0, 0.1) is 5.92 Å². The summed E-state index contributed by atoms with van der Waals surface area (Å²) in [6, 6.07) is 7.82. The Balaban J connectivity index is 1.69. The van der Waals surface area contributed by atoms with Gasteiger partial charge in [0.05, 0.1) is 25.7 Å². The smallest absolute Gasteiger partial charge is 0.231 e. The highest BCUT2D eigenvalue weighted by Crippen LogP contribution is 2.23. The fourth-order valence-electron chi connectivity index (χ4n) is 4.10. The number of piperidine rings is 1. The standard InChI is InChI=1S/C21H31N3O4/c1-27-18-8-6-16(7-9-18)12-24(14-19-5-3-11-28-19)21(26)17-4-2-10-23(13-17)15-20(22)25/h6-9,17,19H,2-5,10-15H2,1H3,(H2,22,25). The summed E-state index contributed by atoms with van der Waals surface area (Å²) < 4.78 is 11.0. The molecule has 0 spiro atoms. The van der Waals surface area contributed by atoms with Gasteiger partial charge in [0.2, 0.25) is 11.8 Å². The van der Waals surface area contributed by atoms with Crippen molar-refractivity contribution in [1.82, 2.24) is 9.80 Å². The van der Waals surface area contributed by atoms with Crippen molar-refractivity contribution >= 4 is 11.8 Å². The third kappa shape index (κ3) is 5.69. The molecule has 0 aliphatic carbocycles. The van der Waals surface area contributed by atoms with Crippen molar-refractivity contribution < 1.29 is 19.1 Å². The number of primary amides is 1. The molecule has 2 amide bonds. The lowest BCUT2D eigenvalue weighted by atomic mass is 9.96. The number of likely N-dealkylation sites (tertiary alicyclic amines) is 1. The maximum Gasteiger partial charge on any atom is 0.231 e. The van der Waals surface area contributed by atoms with E-state index in [4.69, 9.17) is 15.2 Å². The largest absolute Gasteiger partial charge is 0.497 e. The first-order valence-electron chi connectivity index (χ1n) is 10.1. The van der Waals surface area contributed by atoms with Crippen LogP contribution in [0.5, 0.6) is 5.75 Å². The van der Waals surface area contributed by atoms with Gasteiger partial charge in [-0.15, -0.1) is 0 Å². The van der Waals surface area contributed by atoms with E-state index in [1.54, 1.807) is 7.11 Å². The molecule has 0 aromatic heterocycles. The number of ether oxygens (including phenoxy) is 2. The van der Waals surface area contributed by atoms with E-state index in [0.29, 0.717) is 19.6 Å². The van der Waals surface area contributed by atoms with Gasteiger partial charge in [0, 0.05) is 26.2 Å². The molecule has 2 aliphatic heterocycles. The van der Waals surface area contributed by atoms with Gasteiger partial charge in [-0.2, -0.15) is 0 Å². The Kier molecular flexibility index (Phi) is 7.28. The summed E-state index contributed by atoms with van der Waals surface area (Å²) in [4.78, 5) is 28.5. The number of nitrogens with two attached hydrogens (primary N) is 1. The fraction of sp³-hybridized carbons (Fsp3) is 0.619. The van der Waals surface area contributed by atoms with Gasteiger partial charge in [0.15, 0.2) is 0 Å². The molecule has 2 atom stereocenters. The lowest BCUT2D eigenvalue weighted by Crippen LogP contribution is -2.48. The van der Waals surface area contributed by atoms with Crippen LogP contribution in [-0.2, 0) is 20.9 Å². The van der Waals surface area contributed by atoms with Crippen LogP contribution < -0.4 is 10.5 Å². The molecule has 7 heteroatoms. The van der Waals surface area contributed by atoms with Crippen molar-refractivity contribution in [3.63, 3.8) is 0 Å². The van der Waals surface area contributed by atoms with Crippen LogP contribution in [0.4, 0.5) is 0 Å². The second kappa shape index (κ2) is 9.89. The van der Waals surface area contributed by atoms with Gasteiger partial charge < -0.3 is 20.1 Å². The van der Waals surface area contributed by atoms with Crippen LogP contribution in [0.15, 0.2) is 24.3 Å². The lowest BCUT2D eigenvalue weighted by Gasteiger charge is -2.35. The Morgan fingerprint density at radius 1 is 1.25 bits per heavy atom. The number of nitrogens with zero attached hydrogens (tertiary/aromatic N) is 2. The van der Waals surface area contributed by atoms with E-state index in [1.807, 2.05) is 34.1 Å². The zero-order valence-corrected chi connectivity index (χ0v) is 16.6. The van der Waals surface area contributed by atoms with E-state index < -0.39 is 0 Å². The van der Waals surface area contributed by atoms with E-state index in [1.165, 1.54) is 0 Å². The summed E-state index contributed by atoms with van der Waals surface area (Å²) in [6.45, 7) is 3.55. The summed E-state index contributed by atoms with van der Waals surface area (Å²) in [5, 5.41) is 0. The van der Waals surface area contributed by atoms with Gasteiger partial charge in [0.25, 0.3) is 0 Å². The molecule has 0 saturated carbocycles. The molecule has 2 unspecified atom stereocenters. The molecule has 1 aromatic carbocycles. The lowest BCUT2D eigenvalue weighted by molar-refractivity contribution is -0.140. The van der Waals surface area contributed by atoms with Crippen molar-refractivity contribution in [3.8, 4) is 5.75 Å². The second-order valence-electron chi connectivity index (χ2n) is 7.74. The summed E-state index contributed by atoms with van der Waals surface area (Å²) in [5.41, 5.74) is 6.40. The van der Waals surface area contributed by atoms with E-state index >= 15 is 0 Å². The van der Waals surface area contributed by atoms with Gasteiger partial charge in [-0.1, -0.05) is 12.1 Å². The monoisotopic (exact) mass is 389 g/mol. The fourth-order valence-corrected chi connectivity index (χ4v) is 4.10. The highest BCUT2D eigenvalue weighted by Gasteiger charge is 2.31. The summed E-state index contributed by atoms with van der Waals surface area (Å²) in [5.74, 6) is 0.492. The average Bonchev–Trinajstić information content (AvgIpc) is 3.20. The topological polar surface area (TPSA) is 85.1 Å². The Morgan fingerprint density at radius 3 is 2.68 bits per heavy atom. The number of hydrogen-bond donors (Lipinski definition) is 1. The van der Waals surface area contributed by atoms with Crippen molar-refractivity contribution in [2.75, 3.05) is 39.9 Å². The first-order chi connectivity index (χ1) is 13.5. The molecule has 7 nitrogen and oxygen atoms in total. The average molecular weight is 389 g/mol. The first kappa shape index (κ1) is 20.6. The predicted octanol–water partition coefficient (Wildman–Crippen LogP) is 1.40. The number of benzene rings is 1. The molecule has 0 bridgehead atoms. The number of amides is 2. The zero-order valence-electron chi connectivity index (χ0n) is 16.6. The minimum Gasteiger partial charge on any atom is -0.497 e. The summed E-state index contributed by atoms with van der Waals surface area (Å²) >= 11 is 0. The Labute approximate surface area is 166 Å². The second-order valence-corrected chi connectivity index (χ2v) is 7.74. The third-order valence-corrected chi connectivity index (χ3v) is 5.53. The Bertz CT molecular complexity index is 658. The molecule has 2 N–H and O–H groups in total. The molecule has 2 fully saturated rings. The molecular weight excluding hydrogens is 358 g/mol. The molecule has 3 rings (SSSR count). The van der Waals surface area contributed by atoms with Crippen LogP contribution >= 0.6 is 0 Å². The normalized spacial score (nSPS) is 22.8. The first-order valence-corrected chi connectivity index (χ1v) is 10.1. The highest BCUT2D eigenvalue weighted by molar-refractivity contribution is 5.80. The van der Waals surface area contributed by atoms with E-state index in [9.17, 15) is 9.59 Å². The van der Waals surface area contributed by atoms with Crippen molar-refractivity contribution in [2.24, 2.45) is 11.7 Å². The van der Waals surface area contributed by atoms with Crippen molar-refractivity contribution in [2.45, 2.75) is 38.3 Å². The highest BCUT2D eigenvalue weighted by atomic mass is 16.5. The van der Waals surface area contributed by atoms with Crippen LogP contribution in [-0.4, -0.2) is 67.6 Å². The SMILES string of the molecule is COc1ccc(CN(CC2CCCO2)C(=O)C2CCCN(CC(N)=O)C2)cc1. The van der Waals surface area contributed by atoms with Crippen molar-refractivity contribution in [3.05, 3.63) is 29.8 Å². The molecule has 2 aliphatic rings. The molecule has 2 saturated heterocycles. The van der Waals surface area contributed by atoms with E-state index in [2.05, 4.69) is 0 Å². The maximum atomic E-state index is 13.3. The minimum atomic E-state index is -0.345. The van der Waals surface area contributed by atoms with Gasteiger partial charge in [0.1, 0.15) is 5.75 Å². The van der Waals surface area contributed by atoms with E-state index in [0.717, 1.165) is 50.1 Å². The number of methoxy groups -OCH3 is 1. The number of carbonyl (C=O) groups is 2.